The summed E-state index contributed by atoms with van der Waals surface area (Å²) in [5, 5.41) is 6.87. The number of carbonyl (C=O) groups excluding carboxylic acids is 2. The lowest BCUT2D eigenvalue weighted by Gasteiger charge is -2.30. The van der Waals surface area contributed by atoms with Gasteiger partial charge >= 0.3 is 6.03 Å². The predicted octanol–water partition coefficient (Wildman–Crippen LogP) is 6.82. The zero-order valence-corrected chi connectivity index (χ0v) is 21.8. The molecule has 1 saturated carbocycles. The van der Waals surface area contributed by atoms with Crippen LogP contribution in [0, 0.1) is 6.92 Å². The standard InChI is InChI=1S/C29H27N5O3S/c1-17-16-19(37-18-8-4-3-5-9-18)12-13-22(17)34-23-14-15-31-28-24(23)25(33-29(34)36)26(38-28)27(35)32-21-11-7-6-10-20(21)30-2/h3-5,8-9,12-16,20-21H,2,6-7,10-11H2,1H3,(H,32,35)(H,33,36)/t20-,21+/m1/s1. The van der Waals surface area contributed by atoms with Crippen LogP contribution in [0.2, 0.25) is 0 Å². The summed E-state index contributed by atoms with van der Waals surface area (Å²) in [6.45, 7) is 5.64. The minimum atomic E-state index is -0.333. The molecule has 38 heavy (non-hydrogen) atoms. The van der Waals surface area contributed by atoms with Gasteiger partial charge in [-0.05, 0) is 68.4 Å². The maximum Gasteiger partial charge on any atom is 0.331 e. The number of para-hydroxylation sites is 1. The van der Waals surface area contributed by atoms with Gasteiger partial charge in [-0.15, -0.1) is 11.3 Å². The number of nitrogens with zero attached hydrogens (tertiary/aromatic N) is 3. The minimum Gasteiger partial charge on any atom is -0.457 e. The molecule has 3 amide bonds. The summed E-state index contributed by atoms with van der Waals surface area (Å²) in [5.41, 5.74) is 2.79. The molecule has 6 rings (SSSR count). The molecule has 2 aromatic carbocycles. The summed E-state index contributed by atoms with van der Waals surface area (Å²) in [6, 6.07) is 16.6. The smallest absolute Gasteiger partial charge is 0.331 e. The van der Waals surface area contributed by atoms with Crippen LogP contribution >= 0.6 is 11.3 Å². The molecule has 3 heterocycles. The van der Waals surface area contributed by atoms with E-state index in [2.05, 4.69) is 27.3 Å². The van der Waals surface area contributed by atoms with E-state index in [4.69, 9.17) is 4.74 Å². The van der Waals surface area contributed by atoms with Crippen LogP contribution in [0.5, 0.6) is 11.5 Å². The van der Waals surface area contributed by atoms with Crippen molar-refractivity contribution in [3.05, 3.63) is 71.2 Å². The van der Waals surface area contributed by atoms with E-state index >= 15 is 0 Å². The van der Waals surface area contributed by atoms with Gasteiger partial charge in [-0.1, -0.05) is 31.0 Å². The number of nitrogens with one attached hydrogen (secondary N) is 2. The molecule has 2 aromatic heterocycles. The zero-order chi connectivity index (χ0) is 26.2. The SMILES string of the molecule is C=N[C@@H]1CCCC[C@@H]1NC(=O)c1sc2nccc3c2c1NC(=O)N3c1ccc(Oc2ccccc2)cc1C. The Kier molecular flexibility index (Phi) is 6.29. The topological polar surface area (TPSA) is 95.9 Å². The maximum absolute atomic E-state index is 13.5. The van der Waals surface area contributed by atoms with Crippen molar-refractivity contribution < 1.29 is 14.3 Å². The van der Waals surface area contributed by atoms with Crippen molar-refractivity contribution in [1.29, 1.82) is 0 Å². The maximum atomic E-state index is 13.5. The lowest BCUT2D eigenvalue weighted by molar-refractivity contribution is 0.0926. The highest BCUT2D eigenvalue weighted by Crippen LogP contribution is 2.46. The van der Waals surface area contributed by atoms with Crippen molar-refractivity contribution in [2.45, 2.75) is 44.7 Å². The molecule has 2 atom stereocenters. The van der Waals surface area contributed by atoms with E-state index in [9.17, 15) is 9.59 Å². The Morgan fingerprint density at radius 3 is 2.74 bits per heavy atom. The predicted molar refractivity (Wildman–Crippen MR) is 152 cm³/mol. The van der Waals surface area contributed by atoms with Crippen LogP contribution in [-0.2, 0) is 0 Å². The zero-order valence-electron chi connectivity index (χ0n) is 20.9. The molecule has 9 heteroatoms. The van der Waals surface area contributed by atoms with Crippen molar-refractivity contribution in [1.82, 2.24) is 10.3 Å². The van der Waals surface area contributed by atoms with E-state index in [0.29, 0.717) is 26.8 Å². The summed E-state index contributed by atoms with van der Waals surface area (Å²) in [4.78, 5) is 38.4. The highest BCUT2D eigenvalue weighted by Gasteiger charge is 2.34. The number of hydrogen-bond donors (Lipinski definition) is 2. The fraction of sp³-hybridized carbons (Fsp3) is 0.241. The molecule has 1 aliphatic carbocycles. The van der Waals surface area contributed by atoms with E-state index in [1.807, 2.05) is 61.5 Å². The van der Waals surface area contributed by atoms with Gasteiger partial charge in [-0.25, -0.2) is 9.78 Å². The van der Waals surface area contributed by atoms with Crippen molar-refractivity contribution >= 4 is 57.3 Å². The molecule has 0 unspecified atom stereocenters. The van der Waals surface area contributed by atoms with Gasteiger partial charge in [0.05, 0.1) is 34.5 Å². The number of hydrogen-bond acceptors (Lipinski definition) is 6. The van der Waals surface area contributed by atoms with Crippen LogP contribution in [0.15, 0.2) is 65.8 Å². The second-order valence-electron chi connectivity index (χ2n) is 9.56. The number of aliphatic imine (C=N–C) groups is 1. The number of aromatic nitrogens is 1. The van der Waals surface area contributed by atoms with Gasteiger partial charge in [-0.3, -0.25) is 14.7 Å². The lowest BCUT2D eigenvalue weighted by Crippen LogP contribution is -2.44. The molecule has 0 bridgehead atoms. The van der Waals surface area contributed by atoms with Crippen LogP contribution in [0.3, 0.4) is 0 Å². The third-order valence-corrected chi connectivity index (χ3v) is 8.22. The molecule has 1 fully saturated rings. The second-order valence-corrected chi connectivity index (χ2v) is 10.6. The van der Waals surface area contributed by atoms with Crippen LogP contribution < -0.4 is 20.3 Å². The number of carbonyl (C=O) groups is 2. The molecule has 0 saturated heterocycles. The molecule has 2 aliphatic rings. The fourth-order valence-electron chi connectivity index (χ4n) is 5.28. The Balaban J connectivity index is 1.33. The van der Waals surface area contributed by atoms with E-state index < -0.39 is 0 Å². The molecule has 0 radical (unpaired) electrons. The third kappa shape index (κ3) is 4.28. The first-order valence-corrected chi connectivity index (χ1v) is 13.5. The van der Waals surface area contributed by atoms with Gasteiger partial charge in [0.1, 0.15) is 21.2 Å². The number of pyridine rings is 1. The highest BCUT2D eigenvalue weighted by atomic mass is 32.1. The first kappa shape index (κ1) is 24.1. The molecule has 4 aromatic rings. The van der Waals surface area contributed by atoms with Gasteiger partial charge in [0.15, 0.2) is 0 Å². The molecule has 1 aliphatic heterocycles. The third-order valence-electron chi connectivity index (χ3n) is 7.12. The minimum absolute atomic E-state index is 0.00835. The Morgan fingerprint density at radius 1 is 1.13 bits per heavy atom. The van der Waals surface area contributed by atoms with E-state index in [1.165, 1.54) is 11.3 Å². The lowest BCUT2D eigenvalue weighted by atomic mass is 9.90. The summed E-state index contributed by atoms with van der Waals surface area (Å²) >= 11 is 1.28. The van der Waals surface area contributed by atoms with Gasteiger partial charge in [0.25, 0.3) is 5.91 Å². The van der Waals surface area contributed by atoms with Crippen LogP contribution in [0.1, 0.15) is 40.9 Å². The number of benzene rings is 2. The van der Waals surface area contributed by atoms with E-state index in [0.717, 1.165) is 48.1 Å². The van der Waals surface area contributed by atoms with E-state index in [1.54, 1.807) is 11.1 Å². The van der Waals surface area contributed by atoms with Gasteiger partial charge in [-0.2, -0.15) is 0 Å². The Hall–Kier alpha value is -4.24. The molecule has 2 N–H and O–H groups in total. The number of anilines is 3. The number of ether oxygens (including phenoxy) is 1. The summed E-state index contributed by atoms with van der Waals surface area (Å²) in [7, 11) is 0. The summed E-state index contributed by atoms with van der Waals surface area (Å²) < 4.78 is 5.97. The Bertz CT molecular complexity index is 1550. The van der Waals surface area contributed by atoms with Crippen molar-refractivity contribution in [3.63, 3.8) is 0 Å². The van der Waals surface area contributed by atoms with Crippen LogP contribution in [-0.4, -0.2) is 35.7 Å². The average molecular weight is 526 g/mol. The van der Waals surface area contributed by atoms with Gasteiger partial charge < -0.3 is 15.4 Å². The average Bonchev–Trinajstić information content (AvgIpc) is 3.30. The van der Waals surface area contributed by atoms with Crippen molar-refractivity contribution in [2.24, 2.45) is 4.99 Å². The van der Waals surface area contributed by atoms with Crippen molar-refractivity contribution in [3.8, 4) is 11.5 Å². The normalized spacial score (nSPS) is 18.7. The Labute approximate surface area is 224 Å². The second kappa shape index (κ2) is 9.90. The largest absolute Gasteiger partial charge is 0.457 e. The van der Waals surface area contributed by atoms with Crippen molar-refractivity contribution in [2.75, 3.05) is 10.2 Å². The quantitative estimate of drug-likeness (QED) is 0.270. The van der Waals surface area contributed by atoms with Gasteiger partial charge in [0, 0.05) is 6.20 Å². The monoisotopic (exact) mass is 525 g/mol. The fourth-order valence-corrected chi connectivity index (χ4v) is 6.30. The molecular formula is C29H27N5O3S. The van der Waals surface area contributed by atoms with Crippen LogP contribution in [0.25, 0.3) is 10.2 Å². The first-order chi connectivity index (χ1) is 18.5. The van der Waals surface area contributed by atoms with Crippen LogP contribution in [0.4, 0.5) is 21.9 Å². The number of rotatable bonds is 6. The Morgan fingerprint density at radius 2 is 1.95 bits per heavy atom. The highest BCUT2D eigenvalue weighted by molar-refractivity contribution is 7.21. The van der Waals surface area contributed by atoms with E-state index in [-0.39, 0.29) is 24.0 Å². The molecule has 0 spiro atoms. The molecule has 192 valence electrons. The number of aryl methyl sites for hydroxylation is 1. The summed E-state index contributed by atoms with van der Waals surface area (Å²) in [5.74, 6) is 1.20. The molecule has 8 nitrogen and oxygen atoms in total. The first-order valence-electron chi connectivity index (χ1n) is 12.7. The molecular weight excluding hydrogens is 498 g/mol. The summed E-state index contributed by atoms with van der Waals surface area (Å²) in [6.07, 6.45) is 5.58. The number of urea groups is 1. The number of thiophene rings is 1. The van der Waals surface area contributed by atoms with Gasteiger partial charge in [0.2, 0.25) is 0 Å². The number of amides is 3.